The summed E-state index contributed by atoms with van der Waals surface area (Å²) in [5.74, 6) is 1.66. The third kappa shape index (κ3) is 4.89. The van der Waals surface area contributed by atoms with Crippen molar-refractivity contribution in [3.8, 4) is 11.5 Å². The Morgan fingerprint density at radius 1 is 1.13 bits per heavy atom. The number of nitrogens with one attached hydrogen (secondary N) is 1. The first-order valence-electron chi connectivity index (χ1n) is 9.87. The lowest BCUT2D eigenvalue weighted by Gasteiger charge is -2.13. The minimum absolute atomic E-state index is 0.108. The van der Waals surface area contributed by atoms with Crippen LogP contribution in [0.5, 0.6) is 11.5 Å². The number of methoxy groups -OCH3 is 1. The number of hydrogen-bond donors (Lipinski definition) is 1. The van der Waals surface area contributed by atoms with Crippen LogP contribution in [0.25, 0.3) is 17.0 Å². The van der Waals surface area contributed by atoms with Gasteiger partial charge in [-0.15, -0.1) is 0 Å². The number of hydrogen-bond acceptors (Lipinski definition) is 5. The summed E-state index contributed by atoms with van der Waals surface area (Å²) in [6, 6.07) is 12.3. The van der Waals surface area contributed by atoms with Crippen LogP contribution in [0.3, 0.4) is 0 Å². The van der Waals surface area contributed by atoms with Crippen LogP contribution in [-0.4, -0.2) is 19.6 Å². The molecule has 1 N–H and O–H groups in total. The van der Waals surface area contributed by atoms with Gasteiger partial charge in [0.15, 0.2) is 5.43 Å². The first kappa shape index (κ1) is 21.2. The minimum Gasteiger partial charge on any atom is -0.497 e. The molecule has 0 aliphatic heterocycles. The second kappa shape index (κ2) is 9.78. The van der Waals surface area contributed by atoms with E-state index in [9.17, 15) is 9.59 Å². The van der Waals surface area contributed by atoms with E-state index in [0.29, 0.717) is 41.1 Å². The molecule has 0 spiro atoms. The summed E-state index contributed by atoms with van der Waals surface area (Å²) in [6.45, 7) is 4.43. The monoisotopic (exact) mass is 407 g/mol. The van der Waals surface area contributed by atoms with Gasteiger partial charge in [-0.1, -0.05) is 19.1 Å². The molecule has 30 heavy (non-hydrogen) atoms. The van der Waals surface area contributed by atoms with Gasteiger partial charge < -0.3 is 19.2 Å². The molecule has 6 nitrogen and oxygen atoms in total. The summed E-state index contributed by atoms with van der Waals surface area (Å²) in [4.78, 5) is 24.8. The number of aryl methyl sites for hydroxylation is 1. The third-order valence-corrected chi connectivity index (χ3v) is 4.64. The smallest absolute Gasteiger partial charge is 0.244 e. The Balaban J connectivity index is 1.83. The van der Waals surface area contributed by atoms with Gasteiger partial charge in [-0.25, -0.2) is 0 Å². The zero-order chi connectivity index (χ0) is 21.5. The van der Waals surface area contributed by atoms with E-state index in [1.807, 2.05) is 38.1 Å². The van der Waals surface area contributed by atoms with E-state index >= 15 is 0 Å². The second-order valence-electron chi connectivity index (χ2n) is 6.61. The molecule has 6 heteroatoms. The molecule has 0 saturated carbocycles. The Kier molecular flexibility index (Phi) is 6.91. The highest BCUT2D eigenvalue weighted by molar-refractivity contribution is 5.92. The van der Waals surface area contributed by atoms with Gasteiger partial charge in [0.2, 0.25) is 5.91 Å². The van der Waals surface area contributed by atoms with Crippen LogP contribution in [0.4, 0.5) is 0 Å². The highest BCUT2D eigenvalue weighted by atomic mass is 16.5. The largest absolute Gasteiger partial charge is 0.497 e. The van der Waals surface area contributed by atoms with Gasteiger partial charge >= 0.3 is 0 Å². The zero-order valence-electron chi connectivity index (χ0n) is 17.4. The van der Waals surface area contributed by atoms with Crippen LogP contribution in [0, 0.1) is 0 Å². The normalized spacial score (nSPS) is 11.0. The maximum atomic E-state index is 12.4. The molecule has 0 unspecified atom stereocenters. The molecule has 0 aliphatic rings. The summed E-state index contributed by atoms with van der Waals surface area (Å²) < 4.78 is 16.8. The first-order valence-corrected chi connectivity index (χ1v) is 9.87. The van der Waals surface area contributed by atoms with Crippen molar-refractivity contribution in [2.45, 2.75) is 26.8 Å². The summed E-state index contributed by atoms with van der Waals surface area (Å²) in [5, 5.41) is 3.31. The molecule has 0 bridgehead atoms. The Morgan fingerprint density at radius 3 is 2.57 bits per heavy atom. The van der Waals surface area contributed by atoms with Gasteiger partial charge in [-0.05, 0) is 42.8 Å². The maximum absolute atomic E-state index is 12.4. The fourth-order valence-electron chi connectivity index (χ4n) is 3.06. The van der Waals surface area contributed by atoms with Crippen LogP contribution >= 0.6 is 0 Å². The third-order valence-electron chi connectivity index (χ3n) is 4.64. The minimum atomic E-state index is -0.265. The summed E-state index contributed by atoms with van der Waals surface area (Å²) in [5.41, 5.74) is 1.87. The summed E-state index contributed by atoms with van der Waals surface area (Å²) >= 11 is 0. The van der Waals surface area contributed by atoms with Crippen molar-refractivity contribution in [3.63, 3.8) is 0 Å². The molecule has 1 heterocycles. The lowest BCUT2D eigenvalue weighted by Crippen LogP contribution is -2.21. The number of benzene rings is 2. The van der Waals surface area contributed by atoms with Crippen molar-refractivity contribution in [2.24, 2.45) is 0 Å². The molecule has 0 aliphatic carbocycles. The van der Waals surface area contributed by atoms with Crippen LogP contribution < -0.4 is 20.2 Å². The molecule has 0 atom stereocenters. The van der Waals surface area contributed by atoms with Crippen LogP contribution in [-0.2, 0) is 17.8 Å². The van der Waals surface area contributed by atoms with E-state index in [4.69, 9.17) is 13.9 Å². The number of fused-ring (bicyclic) bond motifs is 1. The molecule has 156 valence electrons. The van der Waals surface area contributed by atoms with Gasteiger partial charge in [0.05, 0.1) is 31.2 Å². The SMILES string of the molecule is CCOc1ccc2c(=O)cc(CC)oc2c1CNC(=O)/C=C/c1ccc(OC)cc1. The van der Waals surface area contributed by atoms with Crippen LogP contribution in [0.15, 0.2) is 57.8 Å². The lowest BCUT2D eigenvalue weighted by molar-refractivity contribution is -0.116. The predicted molar refractivity (Wildman–Crippen MR) is 117 cm³/mol. The van der Waals surface area contributed by atoms with Gasteiger partial charge in [-0.3, -0.25) is 9.59 Å². The topological polar surface area (TPSA) is 77.8 Å². The number of ether oxygens (including phenoxy) is 2. The van der Waals surface area contributed by atoms with Crippen LogP contribution in [0.2, 0.25) is 0 Å². The number of amides is 1. The standard InChI is InChI=1S/C24H25NO5/c1-4-17-14-21(26)19-11-12-22(29-5-2)20(24(19)30-17)15-25-23(27)13-8-16-6-9-18(28-3)10-7-16/h6-14H,4-5,15H2,1-3H3,(H,25,27)/b13-8+. The van der Waals surface area contributed by atoms with Gasteiger partial charge in [0.25, 0.3) is 0 Å². The van der Waals surface area contributed by atoms with E-state index in [1.54, 1.807) is 25.3 Å². The van der Waals surface area contributed by atoms with Gasteiger partial charge in [0, 0.05) is 18.6 Å². The summed E-state index contributed by atoms with van der Waals surface area (Å²) in [6.07, 6.45) is 3.78. The second-order valence-corrected chi connectivity index (χ2v) is 6.61. The van der Waals surface area contributed by atoms with Crippen LogP contribution in [0.1, 0.15) is 30.7 Å². The molecule has 1 amide bonds. The quantitative estimate of drug-likeness (QED) is 0.569. The Morgan fingerprint density at radius 2 is 1.90 bits per heavy atom. The Labute approximate surface area is 175 Å². The molecule has 2 aromatic carbocycles. The molecule has 3 rings (SSSR count). The van der Waals surface area contributed by atoms with E-state index in [2.05, 4.69) is 5.32 Å². The zero-order valence-corrected chi connectivity index (χ0v) is 17.4. The van der Waals surface area contributed by atoms with E-state index in [0.717, 1.165) is 11.3 Å². The Hall–Kier alpha value is -3.54. The van der Waals surface area contributed by atoms with Crippen molar-refractivity contribution < 1.29 is 18.7 Å². The average molecular weight is 407 g/mol. The molecular weight excluding hydrogens is 382 g/mol. The van der Waals surface area contributed by atoms with Crippen molar-refractivity contribution in [1.29, 1.82) is 0 Å². The molecular formula is C24H25NO5. The number of rotatable bonds is 8. The fraction of sp³-hybridized carbons (Fsp3) is 0.250. The van der Waals surface area contributed by atoms with Gasteiger partial charge in [0.1, 0.15) is 22.8 Å². The van der Waals surface area contributed by atoms with Crippen molar-refractivity contribution in [2.75, 3.05) is 13.7 Å². The maximum Gasteiger partial charge on any atom is 0.244 e. The van der Waals surface area contributed by atoms with E-state index in [-0.39, 0.29) is 17.9 Å². The molecule has 0 saturated heterocycles. The highest BCUT2D eigenvalue weighted by Gasteiger charge is 2.15. The Bertz CT molecular complexity index is 1110. The van der Waals surface area contributed by atoms with Crippen molar-refractivity contribution >= 4 is 23.0 Å². The number of carbonyl (C=O) groups excluding carboxylic acids is 1. The lowest BCUT2D eigenvalue weighted by atomic mass is 10.1. The van der Waals surface area contributed by atoms with E-state index in [1.165, 1.54) is 12.1 Å². The molecule has 0 radical (unpaired) electrons. The summed E-state index contributed by atoms with van der Waals surface area (Å²) in [7, 11) is 1.60. The predicted octanol–water partition coefficient (Wildman–Crippen LogP) is 4.09. The van der Waals surface area contributed by atoms with Gasteiger partial charge in [-0.2, -0.15) is 0 Å². The van der Waals surface area contributed by atoms with E-state index < -0.39 is 0 Å². The molecule has 1 aromatic heterocycles. The van der Waals surface area contributed by atoms with Crippen molar-refractivity contribution in [3.05, 3.63) is 75.7 Å². The highest BCUT2D eigenvalue weighted by Crippen LogP contribution is 2.27. The average Bonchev–Trinajstić information content (AvgIpc) is 2.77. The molecule has 3 aromatic rings. The fourth-order valence-corrected chi connectivity index (χ4v) is 3.06. The number of carbonyl (C=O) groups is 1. The first-order chi connectivity index (χ1) is 14.5. The molecule has 0 fully saturated rings. The van der Waals surface area contributed by atoms with Crippen molar-refractivity contribution in [1.82, 2.24) is 5.32 Å².